The summed E-state index contributed by atoms with van der Waals surface area (Å²) in [4.78, 5) is 1.16. The normalized spacial score (nSPS) is 12.4. The summed E-state index contributed by atoms with van der Waals surface area (Å²) in [6.45, 7) is 0. The van der Waals surface area contributed by atoms with Crippen LogP contribution in [0.25, 0.3) is 0 Å². The zero-order valence-corrected chi connectivity index (χ0v) is 13.9. The number of thiophene rings is 1. The summed E-state index contributed by atoms with van der Waals surface area (Å²) in [7, 11) is 3.64. The lowest BCUT2D eigenvalue weighted by atomic mass is 10.0. The van der Waals surface area contributed by atoms with Crippen molar-refractivity contribution < 1.29 is 4.74 Å². The molecule has 1 heterocycles. The second-order valence-corrected chi connectivity index (χ2v) is 6.40. The molecule has 2 nitrogen and oxygen atoms in total. The molecule has 0 spiro atoms. The molecule has 0 aliphatic rings. The Morgan fingerprint density at radius 2 is 2.21 bits per heavy atom. The summed E-state index contributed by atoms with van der Waals surface area (Å²) in [5.74, 6) is 0.899. The largest absolute Gasteiger partial charge is 0.496 e. The molecule has 1 aromatic heterocycles. The zero-order chi connectivity index (χ0) is 13.8. The van der Waals surface area contributed by atoms with Crippen molar-refractivity contribution in [3.05, 3.63) is 49.6 Å². The van der Waals surface area contributed by atoms with Crippen molar-refractivity contribution in [2.24, 2.45) is 0 Å². The highest BCUT2D eigenvalue weighted by Gasteiger charge is 2.17. The van der Waals surface area contributed by atoms with Crippen LogP contribution < -0.4 is 10.1 Å². The fourth-order valence-corrected chi connectivity index (χ4v) is 3.71. The third-order valence-corrected chi connectivity index (χ3v) is 4.94. The molecular weight excluding hydrogens is 346 g/mol. The number of hydrogen-bond acceptors (Lipinski definition) is 3. The summed E-state index contributed by atoms with van der Waals surface area (Å²) in [6, 6.07) is 8.17. The van der Waals surface area contributed by atoms with E-state index in [4.69, 9.17) is 16.3 Å². The number of nitrogens with one attached hydrogen (secondary N) is 1. The van der Waals surface area contributed by atoms with Crippen LogP contribution in [0.5, 0.6) is 5.75 Å². The number of benzene rings is 1. The van der Waals surface area contributed by atoms with Crippen molar-refractivity contribution in [1.29, 1.82) is 0 Å². The van der Waals surface area contributed by atoms with Crippen LogP contribution in [0.1, 0.15) is 16.5 Å². The van der Waals surface area contributed by atoms with E-state index in [-0.39, 0.29) is 6.04 Å². The van der Waals surface area contributed by atoms with Gasteiger partial charge in [0.25, 0.3) is 0 Å². The first-order chi connectivity index (χ1) is 9.15. The van der Waals surface area contributed by atoms with Crippen molar-refractivity contribution in [3.63, 3.8) is 0 Å². The van der Waals surface area contributed by atoms with Gasteiger partial charge >= 0.3 is 0 Å². The van der Waals surface area contributed by atoms with E-state index in [1.807, 2.05) is 30.6 Å². The Morgan fingerprint density at radius 3 is 2.79 bits per heavy atom. The average molecular weight is 361 g/mol. The maximum Gasteiger partial charge on any atom is 0.122 e. The van der Waals surface area contributed by atoms with Gasteiger partial charge in [0.2, 0.25) is 0 Å². The van der Waals surface area contributed by atoms with Gasteiger partial charge in [-0.25, -0.2) is 0 Å². The van der Waals surface area contributed by atoms with E-state index in [1.54, 1.807) is 18.4 Å². The van der Waals surface area contributed by atoms with Gasteiger partial charge in [-0.3, -0.25) is 0 Å². The van der Waals surface area contributed by atoms with Gasteiger partial charge in [0.05, 0.1) is 12.1 Å². The van der Waals surface area contributed by atoms with Gasteiger partial charge in [-0.05, 0) is 48.7 Å². The summed E-state index contributed by atoms with van der Waals surface area (Å²) in [5.41, 5.74) is 1.15. The molecular formula is C14H15BrClNOS. The number of hydrogen-bond donors (Lipinski definition) is 1. The predicted molar refractivity (Wildman–Crippen MR) is 85.5 cm³/mol. The Kier molecular flexibility index (Phi) is 5.28. The van der Waals surface area contributed by atoms with E-state index in [2.05, 4.69) is 27.3 Å². The van der Waals surface area contributed by atoms with Crippen LogP contribution in [0.4, 0.5) is 0 Å². The van der Waals surface area contributed by atoms with Crippen LogP contribution in [0.3, 0.4) is 0 Å². The summed E-state index contributed by atoms with van der Waals surface area (Å²) < 4.78 is 6.47. The molecule has 2 aromatic rings. The molecule has 1 N–H and O–H groups in total. The molecule has 0 radical (unpaired) electrons. The standard InChI is InChI=1S/C14H15BrClNOS/c1-17-12(14-11(16)5-6-19-14)8-9-7-10(15)3-4-13(9)18-2/h3-7,12,17H,8H2,1-2H3. The van der Waals surface area contributed by atoms with Crippen molar-refractivity contribution in [3.8, 4) is 5.75 Å². The molecule has 5 heteroatoms. The summed E-state index contributed by atoms with van der Waals surface area (Å²) in [5, 5.41) is 6.15. The molecule has 0 amide bonds. The zero-order valence-electron chi connectivity index (χ0n) is 10.7. The fraction of sp³-hybridized carbons (Fsp3) is 0.286. The third kappa shape index (κ3) is 3.51. The highest BCUT2D eigenvalue weighted by Crippen LogP contribution is 2.33. The molecule has 0 saturated heterocycles. The lowest BCUT2D eigenvalue weighted by Gasteiger charge is -2.17. The Labute approximate surface area is 130 Å². The minimum absolute atomic E-state index is 0.190. The van der Waals surface area contributed by atoms with E-state index < -0.39 is 0 Å². The molecule has 102 valence electrons. The molecule has 0 aliphatic carbocycles. The van der Waals surface area contributed by atoms with Gasteiger partial charge in [-0.1, -0.05) is 27.5 Å². The number of likely N-dealkylation sites (N-methyl/N-ethyl adjacent to an activating group) is 1. The summed E-state index contributed by atoms with van der Waals surface area (Å²) in [6.07, 6.45) is 0.833. The van der Waals surface area contributed by atoms with Crippen LogP contribution in [0.15, 0.2) is 34.1 Å². The molecule has 0 bridgehead atoms. The van der Waals surface area contributed by atoms with Crippen LogP contribution in [-0.4, -0.2) is 14.2 Å². The van der Waals surface area contributed by atoms with E-state index in [1.165, 1.54) is 0 Å². The fourth-order valence-electron chi connectivity index (χ4n) is 2.01. The van der Waals surface area contributed by atoms with Crippen molar-refractivity contribution >= 4 is 38.9 Å². The van der Waals surface area contributed by atoms with Gasteiger partial charge in [0.15, 0.2) is 0 Å². The van der Waals surface area contributed by atoms with E-state index in [0.717, 1.165) is 32.1 Å². The number of rotatable bonds is 5. The first-order valence-corrected chi connectivity index (χ1v) is 7.93. The maximum atomic E-state index is 6.21. The lowest BCUT2D eigenvalue weighted by molar-refractivity contribution is 0.406. The van der Waals surface area contributed by atoms with Gasteiger partial charge < -0.3 is 10.1 Å². The Bertz CT molecular complexity index is 558. The predicted octanol–water partition coefficient (Wildman–Crippen LogP) is 4.68. The van der Waals surface area contributed by atoms with Crippen molar-refractivity contribution in [2.75, 3.05) is 14.2 Å². The quantitative estimate of drug-likeness (QED) is 0.836. The Balaban J connectivity index is 2.28. The second kappa shape index (κ2) is 6.75. The monoisotopic (exact) mass is 359 g/mol. The molecule has 0 fully saturated rings. The Hall–Kier alpha value is -0.550. The van der Waals surface area contributed by atoms with Gasteiger partial charge in [0, 0.05) is 15.4 Å². The molecule has 1 aromatic carbocycles. The average Bonchev–Trinajstić information content (AvgIpc) is 2.82. The van der Waals surface area contributed by atoms with Crippen LogP contribution in [-0.2, 0) is 6.42 Å². The van der Waals surface area contributed by atoms with Crippen molar-refractivity contribution in [2.45, 2.75) is 12.5 Å². The highest BCUT2D eigenvalue weighted by molar-refractivity contribution is 9.10. The minimum atomic E-state index is 0.190. The molecule has 0 saturated carbocycles. The smallest absolute Gasteiger partial charge is 0.122 e. The van der Waals surface area contributed by atoms with Crippen molar-refractivity contribution in [1.82, 2.24) is 5.32 Å². The number of methoxy groups -OCH3 is 1. The topological polar surface area (TPSA) is 21.3 Å². The lowest BCUT2D eigenvalue weighted by Crippen LogP contribution is -2.18. The first-order valence-electron chi connectivity index (χ1n) is 5.88. The number of halogens is 2. The molecule has 1 atom stereocenters. The van der Waals surface area contributed by atoms with Gasteiger partial charge in [0.1, 0.15) is 5.75 Å². The summed E-state index contributed by atoms with van der Waals surface area (Å²) >= 11 is 11.4. The second-order valence-electron chi connectivity index (χ2n) is 4.13. The SMILES string of the molecule is CNC(Cc1cc(Br)ccc1OC)c1sccc1Cl. The highest BCUT2D eigenvalue weighted by atomic mass is 79.9. The minimum Gasteiger partial charge on any atom is -0.496 e. The Morgan fingerprint density at radius 1 is 1.42 bits per heavy atom. The van der Waals surface area contributed by atoms with Crippen LogP contribution in [0, 0.1) is 0 Å². The van der Waals surface area contributed by atoms with Crippen LogP contribution in [0.2, 0.25) is 5.02 Å². The third-order valence-electron chi connectivity index (χ3n) is 2.98. The van der Waals surface area contributed by atoms with E-state index in [9.17, 15) is 0 Å². The van der Waals surface area contributed by atoms with Gasteiger partial charge in [-0.15, -0.1) is 11.3 Å². The molecule has 1 unspecified atom stereocenters. The first kappa shape index (κ1) is 14.9. The van der Waals surface area contributed by atoms with E-state index in [0.29, 0.717) is 0 Å². The molecule has 2 rings (SSSR count). The molecule has 19 heavy (non-hydrogen) atoms. The number of ether oxygens (including phenoxy) is 1. The maximum absolute atomic E-state index is 6.21. The van der Waals surface area contributed by atoms with Gasteiger partial charge in [-0.2, -0.15) is 0 Å². The molecule has 0 aliphatic heterocycles. The van der Waals surface area contributed by atoms with E-state index >= 15 is 0 Å². The van der Waals surface area contributed by atoms with Crippen LogP contribution >= 0.6 is 38.9 Å².